The van der Waals surface area contributed by atoms with E-state index in [-0.39, 0.29) is 30.1 Å². The predicted octanol–water partition coefficient (Wildman–Crippen LogP) is 3.49. The van der Waals surface area contributed by atoms with Crippen molar-refractivity contribution in [2.24, 2.45) is 5.92 Å². The number of nitrogens with zero attached hydrogens (tertiary/aromatic N) is 1. The summed E-state index contributed by atoms with van der Waals surface area (Å²) in [6.45, 7) is 2.11. The van der Waals surface area contributed by atoms with Crippen molar-refractivity contribution in [3.05, 3.63) is 29.3 Å². The molecule has 4 nitrogen and oxygen atoms in total. The lowest BCUT2D eigenvalue weighted by Crippen LogP contribution is -2.18. The molecule has 1 aromatic carbocycles. The molecule has 0 saturated carbocycles. The fourth-order valence-corrected chi connectivity index (χ4v) is 1.83. The molecule has 0 aromatic heterocycles. The van der Waals surface area contributed by atoms with Gasteiger partial charge in [0.15, 0.2) is 0 Å². The highest BCUT2D eigenvalue weighted by atomic mass is 19.4. The summed E-state index contributed by atoms with van der Waals surface area (Å²) < 4.78 is 37.7. The van der Waals surface area contributed by atoms with Gasteiger partial charge in [0.25, 0.3) is 0 Å². The number of carboxylic acids is 1. The van der Waals surface area contributed by atoms with Gasteiger partial charge in [-0.2, -0.15) is 18.4 Å². The molecule has 7 heteroatoms. The zero-order valence-corrected chi connectivity index (χ0v) is 11.4. The van der Waals surface area contributed by atoms with Crippen molar-refractivity contribution in [2.45, 2.75) is 25.9 Å². The number of rotatable bonds is 6. The van der Waals surface area contributed by atoms with E-state index in [0.717, 1.165) is 12.1 Å². The largest absolute Gasteiger partial charge is 0.481 e. The van der Waals surface area contributed by atoms with Gasteiger partial charge in [-0.15, -0.1) is 0 Å². The van der Waals surface area contributed by atoms with Crippen LogP contribution in [0.5, 0.6) is 0 Å². The molecule has 1 unspecified atom stereocenters. The van der Waals surface area contributed by atoms with Gasteiger partial charge in [0.2, 0.25) is 0 Å². The highest BCUT2D eigenvalue weighted by molar-refractivity contribution is 5.67. The normalized spacial score (nSPS) is 12.5. The fraction of sp³-hybridized carbons (Fsp3) is 0.429. The van der Waals surface area contributed by atoms with Gasteiger partial charge in [0, 0.05) is 13.0 Å². The zero-order chi connectivity index (χ0) is 16.0. The second-order valence-corrected chi connectivity index (χ2v) is 4.62. The van der Waals surface area contributed by atoms with Crippen LogP contribution >= 0.6 is 0 Å². The molecule has 0 amide bonds. The highest BCUT2D eigenvalue weighted by Gasteiger charge is 2.31. The number of anilines is 1. The van der Waals surface area contributed by atoms with E-state index in [9.17, 15) is 18.0 Å². The van der Waals surface area contributed by atoms with Crippen LogP contribution in [0.1, 0.15) is 30.9 Å². The first kappa shape index (κ1) is 16.8. The van der Waals surface area contributed by atoms with Crippen molar-refractivity contribution >= 4 is 11.7 Å². The first-order valence-corrected chi connectivity index (χ1v) is 6.35. The topological polar surface area (TPSA) is 73.1 Å². The van der Waals surface area contributed by atoms with Crippen molar-refractivity contribution < 1.29 is 23.1 Å². The summed E-state index contributed by atoms with van der Waals surface area (Å²) in [7, 11) is 0. The van der Waals surface area contributed by atoms with Gasteiger partial charge in [-0.05, 0) is 24.1 Å². The minimum absolute atomic E-state index is 0.0357. The molecule has 1 atom stereocenters. The number of hydrogen-bond donors (Lipinski definition) is 2. The molecule has 0 radical (unpaired) electrons. The highest BCUT2D eigenvalue weighted by Crippen LogP contribution is 2.31. The Morgan fingerprint density at radius 3 is 2.62 bits per heavy atom. The Morgan fingerprint density at radius 1 is 1.48 bits per heavy atom. The van der Waals surface area contributed by atoms with Gasteiger partial charge < -0.3 is 10.4 Å². The van der Waals surface area contributed by atoms with Crippen molar-refractivity contribution in [3.63, 3.8) is 0 Å². The second-order valence-electron chi connectivity index (χ2n) is 4.62. The van der Waals surface area contributed by atoms with E-state index in [0.29, 0.717) is 6.42 Å². The molecule has 21 heavy (non-hydrogen) atoms. The third kappa shape index (κ3) is 4.99. The fourth-order valence-electron chi connectivity index (χ4n) is 1.83. The van der Waals surface area contributed by atoms with Gasteiger partial charge in [-0.25, -0.2) is 0 Å². The van der Waals surface area contributed by atoms with Crippen LogP contribution in [0.15, 0.2) is 18.2 Å². The molecule has 1 rings (SSSR count). The lowest BCUT2D eigenvalue weighted by atomic mass is 10.0. The van der Waals surface area contributed by atoms with Crippen molar-refractivity contribution in [1.82, 2.24) is 0 Å². The molecule has 1 aromatic rings. The van der Waals surface area contributed by atoms with E-state index >= 15 is 0 Å². The van der Waals surface area contributed by atoms with Gasteiger partial charge in [-0.3, -0.25) is 4.79 Å². The number of carbonyl (C=O) groups is 1. The number of aliphatic carboxylic acids is 1. The molecule has 0 aliphatic heterocycles. The van der Waals surface area contributed by atoms with Crippen LogP contribution in [-0.2, 0) is 11.0 Å². The molecule has 0 bridgehead atoms. The SMILES string of the molecule is CCC(CNc1ccc(C(F)(F)F)cc1C#N)CC(=O)O. The average molecular weight is 300 g/mol. The third-order valence-corrected chi connectivity index (χ3v) is 3.09. The smallest absolute Gasteiger partial charge is 0.416 e. The molecular formula is C14H15F3N2O2. The van der Waals surface area contributed by atoms with Gasteiger partial charge in [0.1, 0.15) is 6.07 Å². The summed E-state index contributed by atoms with van der Waals surface area (Å²) in [5.74, 6) is -1.09. The third-order valence-electron chi connectivity index (χ3n) is 3.09. The van der Waals surface area contributed by atoms with Crippen LogP contribution in [0.2, 0.25) is 0 Å². The summed E-state index contributed by atoms with van der Waals surface area (Å²) in [6.07, 6.45) is -3.92. The first-order chi connectivity index (χ1) is 9.77. The minimum atomic E-state index is -4.50. The maximum Gasteiger partial charge on any atom is 0.416 e. The van der Waals surface area contributed by atoms with Gasteiger partial charge in [0.05, 0.1) is 16.8 Å². The van der Waals surface area contributed by atoms with Crippen LogP contribution in [-0.4, -0.2) is 17.6 Å². The lowest BCUT2D eigenvalue weighted by molar-refractivity contribution is -0.138. The maximum atomic E-state index is 12.6. The quantitative estimate of drug-likeness (QED) is 0.843. The van der Waals surface area contributed by atoms with Crippen LogP contribution < -0.4 is 5.32 Å². The summed E-state index contributed by atoms with van der Waals surface area (Å²) >= 11 is 0. The molecule has 0 heterocycles. The van der Waals surface area contributed by atoms with E-state index in [2.05, 4.69) is 5.32 Å². The van der Waals surface area contributed by atoms with Crippen molar-refractivity contribution in [1.29, 1.82) is 5.26 Å². The van der Waals surface area contributed by atoms with E-state index in [1.807, 2.05) is 6.92 Å². The van der Waals surface area contributed by atoms with Crippen molar-refractivity contribution in [3.8, 4) is 6.07 Å². The Bertz CT molecular complexity index is 550. The number of alkyl halides is 3. The van der Waals surface area contributed by atoms with Crippen LogP contribution in [0.25, 0.3) is 0 Å². The number of benzene rings is 1. The van der Waals surface area contributed by atoms with E-state index in [1.165, 1.54) is 6.07 Å². The predicted molar refractivity (Wildman–Crippen MR) is 70.7 cm³/mol. The second kappa shape index (κ2) is 6.97. The Kier molecular flexibility index (Phi) is 5.59. The average Bonchev–Trinajstić information content (AvgIpc) is 2.41. The monoisotopic (exact) mass is 300 g/mol. The van der Waals surface area contributed by atoms with Crippen LogP contribution in [0, 0.1) is 17.2 Å². The summed E-state index contributed by atoms with van der Waals surface area (Å²) in [5.41, 5.74) is -0.730. The van der Waals surface area contributed by atoms with Crippen LogP contribution in [0.3, 0.4) is 0 Å². The standard InChI is InChI=1S/C14H15F3N2O2/c1-2-9(5-13(20)21)8-19-12-4-3-11(14(15,16)17)6-10(12)7-18/h3-4,6,9,19H,2,5,8H2,1H3,(H,20,21). The van der Waals surface area contributed by atoms with Gasteiger partial charge >= 0.3 is 12.1 Å². The summed E-state index contributed by atoms with van der Waals surface area (Å²) in [6, 6.07) is 4.57. The Labute approximate surface area is 120 Å². The molecule has 0 saturated heterocycles. The molecule has 2 N–H and O–H groups in total. The number of hydrogen-bond acceptors (Lipinski definition) is 3. The first-order valence-electron chi connectivity index (χ1n) is 6.35. The molecule has 0 spiro atoms. The Hall–Kier alpha value is -2.23. The van der Waals surface area contributed by atoms with E-state index in [4.69, 9.17) is 10.4 Å². The van der Waals surface area contributed by atoms with Crippen LogP contribution in [0.4, 0.5) is 18.9 Å². The number of nitrogens with one attached hydrogen (secondary N) is 1. The zero-order valence-electron chi connectivity index (χ0n) is 11.4. The van der Waals surface area contributed by atoms with E-state index in [1.54, 1.807) is 6.07 Å². The number of nitriles is 1. The lowest BCUT2D eigenvalue weighted by Gasteiger charge is -2.16. The minimum Gasteiger partial charge on any atom is -0.481 e. The Balaban J connectivity index is 2.85. The molecule has 114 valence electrons. The number of carboxylic acid groups (broad SMARTS) is 1. The maximum absolute atomic E-state index is 12.6. The van der Waals surface area contributed by atoms with Gasteiger partial charge in [-0.1, -0.05) is 13.3 Å². The molecular weight excluding hydrogens is 285 g/mol. The molecule has 0 aliphatic rings. The Morgan fingerprint density at radius 2 is 2.14 bits per heavy atom. The van der Waals surface area contributed by atoms with E-state index < -0.39 is 17.7 Å². The van der Waals surface area contributed by atoms with Crippen molar-refractivity contribution in [2.75, 3.05) is 11.9 Å². The molecule has 0 aliphatic carbocycles. The summed E-state index contributed by atoms with van der Waals surface area (Å²) in [4.78, 5) is 10.7. The summed E-state index contributed by atoms with van der Waals surface area (Å²) in [5, 5.41) is 20.5. The number of halogens is 3. The molecule has 0 fully saturated rings.